The second kappa shape index (κ2) is 6.88. The molecule has 1 fully saturated rings. The van der Waals surface area contributed by atoms with E-state index < -0.39 is 0 Å². The molecule has 20 heavy (non-hydrogen) atoms. The van der Waals surface area contributed by atoms with Crippen molar-refractivity contribution in [3.8, 4) is 5.69 Å². The Morgan fingerprint density at radius 1 is 1.30 bits per heavy atom. The molecular formula is C15H21ClN4. The largest absolute Gasteiger partial charge is 0.312 e. The van der Waals surface area contributed by atoms with Crippen LogP contribution in [-0.2, 0) is 6.54 Å². The summed E-state index contributed by atoms with van der Waals surface area (Å²) in [6, 6.07) is 11.0. The second-order valence-electron chi connectivity index (χ2n) is 5.14. The Morgan fingerprint density at radius 3 is 2.85 bits per heavy atom. The van der Waals surface area contributed by atoms with Crippen molar-refractivity contribution in [3.63, 3.8) is 0 Å². The Labute approximate surface area is 126 Å². The van der Waals surface area contributed by atoms with E-state index in [0.29, 0.717) is 6.04 Å². The Hall–Kier alpha value is -1.36. The standard InChI is InChI=1S/C15H20N4.ClH/c1-13-11-18(9-7-16-13)12-15-17-8-10-19(15)14-5-3-2-4-6-14;/h2-6,8,10,13,16H,7,9,11-12H2,1H3;1H/t13-;/m0./s1. The molecule has 1 aromatic heterocycles. The van der Waals surface area contributed by atoms with Gasteiger partial charge in [-0.2, -0.15) is 0 Å². The van der Waals surface area contributed by atoms with Gasteiger partial charge in [-0.3, -0.25) is 4.90 Å². The molecule has 2 aromatic rings. The van der Waals surface area contributed by atoms with Crippen LogP contribution in [-0.4, -0.2) is 40.1 Å². The lowest BCUT2D eigenvalue weighted by Crippen LogP contribution is -2.48. The van der Waals surface area contributed by atoms with Crippen LogP contribution in [0.15, 0.2) is 42.7 Å². The van der Waals surface area contributed by atoms with Gasteiger partial charge in [0, 0.05) is 43.8 Å². The van der Waals surface area contributed by atoms with Crippen molar-refractivity contribution in [2.75, 3.05) is 19.6 Å². The zero-order chi connectivity index (χ0) is 13.1. The van der Waals surface area contributed by atoms with Gasteiger partial charge >= 0.3 is 0 Å². The molecule has 0 radical (unpaired) electrons. The van der Waals surface area contributed by atoms with Crippen LogP contribution in [0.3, 0.4) is 0 Å². The summed E-state index contributed by atoms with van der Waals surface area (Å²) >= 11 is 0. The fourth-order valence-corrected chi connectivity index (χ4v) is 2.63. The fourth-order valence-electron chi connectivity index (χ4n) is 2.63. The number of hydrogen-bond donors (Lipinski definition) is 1. The average molecular weight is 293 g/mol. The molecule has 1 N–H and O–H groups in total. The first-order chi connectivity index (χ1) is 9.33. The maximum atomic E-state index is 4.51. The van der Waals surface area contributed by atoms with Crippen molar-refractivity contribution in [2.24, 2.45) is 0 Å². The van der Waals surface area contributed by atoms with Crippen LogP contribution in [0, 0.1) is 0 Å². The topological polar surface area (TPSA) is 33.1 Å². The highest BCUT2D eigenvalue weighted by molar-refractivity contribution is 5.85. The van der Waals surface area contributed by atoms with Crippen LogP contribution in [0.2, 0.25) is 0 Å². The van der Waals surface area contributed by atoms with Crippen molar-refractivity contribution in [1.82, 2.24) is 19.8 Å². The summed E-state index contributed by atoms with van der Waals surface area (Å²) in [7, 11) is 0. The molecule has 5 heteroatoms. The van der Waals surface area contributed by atoms with Crippen LogP contribution in [0.5, 0.6) is 0 Å². The maximum absolute atomic E-state index is 4.51. The predicted molar refractivity (Wildman–Crippen MR) is 83.6 cm³/mol. The average Bonchev–Trinajstić information content (AvgIpc) is 2.88. The zero-order valence-electron chi connectivity index (χ0n) is 11.7. The number of benzene rings is 1. The number of nitrogens with zero attached hydrogens (tertiary/aromatic N) is 3. The Balaban J connectivity index is 0.00000147. The normalized spacial score (nSPS) is 19.6. The third kappa shape index (κ3) is 3.39. The molecule has 0 saturated carbocycles. The molecule has 0 amide bonds. The summed E-state index contributed by atoms with van der Waals surface area (Å²) in [6.45, 7) is 6.38. The van der Waals surface area contributed by atoms with E-state index >= 15 is 0 Å². The number of aromatic nitrogens is 2. The lowest BCUT2D eigenvalue weighted by molar-refractivity contribution is 0.194. The quantitative estimate of drug-likeness (QED) is 0.940. The van der Waals surface area contributed by atoms with Crippen molar-refractivity contribution >= 4 is 12.4 Å². The minimum atomic E-state index is 0. The van der Waals surface area contributed by atoms with Gasteiger partial charge in [-0.1, -0.05) is 18.2 Å². The summed E-state index contributed by atoms with van der Waals surface area (Å²) in [5, 5.41) is 3.47. The number of rotatable bonds is 3. The minimum absolute atomic E-state index is 0. The first-order valence-corrected chi connectivity index (χ1v) is 6.86. The number of halogens is 1. The molecule has 0 unspecified atom stereocenters. The molecule has 0 spiro atoms. The number of piperazine rings is 1. The molecule has 4 nitrogen and oxygen atoms in total. The summed E-state index contributed by atoms with van der Waals surface area (Å²) in [5.74, 6) is 1.11. The number of imidazole rings is 1. The molecule has 1 atom stereocenters. The van der Waals surface area contributed by atoms with Gasteiger partial charge < -0.3 is 9.88 Å². The van der Waals surface area contributed by atoms with Gasteiger partial charge in [-0.25, -0.2) is 4.98 Å². The van der Waals surface area contributed by atoms with Crippen LogP contribution in [0.25, 0.3) is 5.69 Å². The molecule has 0 aliphatic carbocycles. The molecule has 1 saturated heterocycles. The monoisotopic (exact) mass is 292 g/mol. The first kappa shape index (κ1) is 15.0. The molecule has 0 bridgehead atoms. The van der Waals surface area contributed by atoms with Gasteiger partial charge in [-0.15, -0.1) is 12.4 Å². The molecule has 1 aliphatic rings. The molecule has 1 aromatic carbocycles. The van der Waals surface area contributed by atoms with Crippen molar-refractivity contribution in [2.45, 2.75) is 19.5 Å². The molecule has 2 heterocycles. The number of nitrogens with one attached hydrogen (secondary N) is 1. The van der Waals surface area contributed by atoms with Gasteiger partial charge in [0.1, 0.15) is 5.82 Å². The third-order valence-electron chi connectivity index (χ3n) is 3.57. The highest BCUT2D eigenvalue weighted by atomic mass is 35.5. The van der Waals surface area contributed by atoms with Gasteiger partial charge in [0.2, 0.25) is 0 Å². The maximum Gasteiger partial charge on any atom is 0.127 e. The van der Waals surface area contributed by atoms with E-state index in [1.54, 1.807) is 0 Å². The minimum Gasteiger partial charge on any atom is -0.312 e. The second-order valence-corrected chi connectivity index (χ2v) is 5.14. The summed E-state index contributed by atoms with van der Waals surface area (Å²) in [6.07, 6.45) is 3.92. The van der Waals surface area contributed by atoms with E-state index in [9.17, 15) is 0 Å². The lowest BCUT2D eigenvalue weighted by Gasteiger charge is -2.31. The van der Waals surface area contributed by atoms with Crippen molar-refractivity contribution in [3.05, 3.63) is 48.5 Å². The Morgan fingerprint density at radius 2 is 2.10 bits per heavy atom. The highest BCUT2D eigenvalue weighted by Crippen LogP contribution is 2.12. The van der Waals surface area contributed by atoms with E-state index in [4.69, 9.17) is 0 Å². The Kier molecular flexibility index (Phi) is 5.17. The summed E-state index contributed by atoms with van der Waals surface area (Å²) in [5.41, 5.74) is 1.18. The highest BCUT2D eigenvalue weighted by Gasteiger charge is 2.17. The fraction of sp³-hybridized carbons (Fsp3) is 0.400. The summed E-state index contributed by atoms with van der Waals surface area (Å²) in [4.78, 5) is 6.97. The van der Waals surface area contributed by atoms with E-state index in [0.717, 1.165) is 32.0 Å². The van der Waals surface area contributed by atoms with Gasteiger partial charge in [-0.05, 0) is 19.1 Å². The van der Waals surface area contributed by atoms with E-state index in [2.05, 4.69) is 51.0 Å². The van der Waals surface area contributed by atoms with Crippen LogP contribution < -0.4 is 5.32 Å². The number of para-hydroxylation sites is 1. The molecule has 108 valence electrons. The summed E-state index contributed by atoms with van der Waals surface area (Å²) < 4.78 is 2.17. The predicted octanol–water partition coefficient (Wildman–Crippen LogP) is 2.09. The smallest absolute Gasteiger partial charge is 0.127 e. The first-order valence-electron chi connectivity index (χ1n) is 6.86. The van der Waals surface area contributed by atoms with E-state index in [-0.39, 0.29) is 12.4 Å². The zero-order valence-corrected chi connectivity index (χ0v) is 12.5. The van der Waals surface area contributed by atoms with Gasteiger partial charge in [0.15, 0.2) is 0 Å². The van der Waals surface area contributed by atoms with Crippen LogP contribution in [0.4, 0.5) is 0 Å². The number of hydrogen-bond acceptors (Lipinski definition) is 3. The van der Waals surface area contributed by atoms with E-state index in [1.807, 2.05) is 18.5 Å². The Bertz CT molecular complexity index is 526. The van der Waals surface area contributed by atoms with Gasteiger partial charge in [0.25, 0.3) is 0 Å². The SMILES string of the molecule is C[C@H]1CN(Cc2nccn2-c2ccccc2)CCN1.Cl. The third-order valence-corrected chi connectivity index (χ3v) is 3.57. The van der Waals surface area contributed by atoms with Gasteiger partial charge in [0.05, 0.1) is 6.54 Å². The molecule has 3 rings (SSSR count). The molecular weight excluding hydrogens is 272 g/mol. The van der Waals surface area contributed by atoms with Crippen LogP contribution >= 0.6 is 12.4 Å². The lowest BCUT2D eigenvalue weighted by atomic mass is 10.2. The van der Waals surface area contributed by atoms with Crippen molar-refractivity contribution in [1.29, 1.82) is 0 Å². The molecule has 1 aliphatic heterocycles. The van der Waals surface area contributed by atoms with Crippen molar-refractivity contribution < 1.29 is 0 Å². The van der Waals surface area contributed by atoms with Crippen LogP contribution in [0.1, 0.15) is 12.7 Å². The van der Waals surface area contributed by atoms with E-state index in [1.165, 1.54) is 5.69 Å².